The van der Waals surface area contributed by atoms with Gasteiger partial charge in [-0.3, -0.25) is 9.59 Å². The zero-order chi connectivity index (χ0) is 32.4. The summed E-state index contributed by atoms with van der Waals surface area (Å²) in [4.78, 5) is 37.8. The van der Waals surface area contributed by atoms with Gasteiger partial charge >= 0.3 is 5.97 Å². The Bertz CT molecular complexity index is 1820. The molecule has 3 aromatic carbocycles. The van der Waals surface area contributed by atoms with Crippen molar-refractivity contribution >= 4 is 28.5 Å². The number of hydrogen-bond donors (Lipinski definition) is 1. The zero-order valence-corrected chi connectivity index (χ0v) is 25.7. The first-order chi connectivity index (χ1) is 21.7. The Balaban J connectivity index is 1.48. The van der Waals surface area contributed by atoms with Gasteiger partial charge in [0.2, 0.25) is 11.5 Å². The average Bonchev–Trinajstić information content (AvgIpc) is 3.71. The molecule has 12 nitrogen and oxygen atoms in total. The first-order valence-electron chi connectivity index (χ1n) is 13.9. The van der Waals surface area contributed by atoms with Gasteiger partial charge in [-0.1, -0.05) is 12.1 Å². The van der Waals surface area contributed by atoms with Crippen LogP contribution in [0.5, 0.6) is 40.2 Å². The van der Waals surface area contributed by atoms with E-state index in [2.05, 4.69) is 0 Å². The molecule has 0 radical (unpaired) electrons. The molecule has 5 rings (SSSR count). The van der Waals surface area contributed by atoms with Crippen molar-refractivity contribution in [3.63, 3.8) is 0 Å². The fourth-order valence-corrected chi connectivity index (χ4v) is 5.53. The van der Waals surface area contributed by atoms with E-state index in [1.807, 2.05) is 0 Å². The number of fused-ring (bicyclic) bond motifs is 2. The summed E-state index contributed by atoms with van der Waals surface area (Å²) in [6.45, 7) is 2.83. The summed E-state index contributed by atoms with van der Waals surface area (Å²) in [7, 11) is 5.75. The predicted octanol–water partition coefficient (Wildman–Crippen LogP) is 5.66. The number of benzene rings is 3. The Morgan fingerprint density at radius 1 is 0.778 bits per heavy atom. The standard InChI is InChI=1S/C33H32O12/c1-16(34)23-25(38-3)20-9-11-42-27(20)31(40-5)29(23)44-14-18-7-8-19(22(13-18)33(36)37)15-45-30-24(17(2)35)26(39-4)21-10-12-43-28(21)32(30)41-6/h7-8,10,12-13H,9,11,14-15H2,1-6H3,(H,36,37). The van der Waals surface area contributed by atoms with Gasteiger partial charge < -0.3 is 42.7 Å². The molecule has 0 spiro atoms. The van der Waals surface area contributed by atoms with Crippen molar-refractivity contribution in [1.82, 2.24) is 0 Å². The van der Waals surface area contributed by atoms with E-state index >= 15 is 0 Å². The maximum Gasteiger partial charge on any atom is 0.336 e. The molecule has 0 fully saturated rings. The van der Waals surface area contributed by atoms with Crippen molar-refractivity contribution in [3.8, 4) is 40.2 Å². The van der Waals surface area contributed by atoms with Crippen molar-refractivity contribution in [3.05, 3.63) is 63.9 Å². The smallest absolute Gasteiger partial charge is 0.336 e. The monoisotopic (exact) mass is 620 g/mol. The number of carboxylic acid groups (broad SMARTS) is 1. The third-order valence-electron chi connectivity index (χ3n) is 7.47. The van der Waals surface area contributed by atoms with E-state index in [0.717, 1.165) is 5.56 Å². The summed E-state index contributed by atoms with van der Waals surface area (Å²) < 4.78 is 45.7. The summed E-state index contributed by atoms with van der Waals surface area (Å²) in [5, 5.41) is 10.6. The van der Waals surface area contributed by atoms with E-state index in [-0.39, 0.29) is 70.2 Å². The van der Waals surface area contributed by atoms with Gasteiger partial charge in [0.25, 0.3) is 0 Å². The van der Waals surface area contributed by atoms with Gasteiger partial charge in [-0.05, 0) is 31.5 Å². The van der Waals surface area contributed by atoms with Gasteiger partial charge in [-0.15, -0.1) is 0 Å². The van der Waals surface area contributed by atoms with Crippen LogP contribution in [0.25, 0.3) is 11.0 Å². The van der Waals surface area contributed by atoms with Crippen LogP contribution in [0.3, 0.4) is 0 Å². The number of carbonyl (C=O) groups is 3. The van der Waals surface area contributed by atoms with E-state index in [1.165, 1.54) is 54.6 Å². The quantitative estimate of drug-likeness (QED) is 0.184. The largest absolute Gasteiger partial charge is 0.495 e. The molecule has 45 heavy (non-hydrogen) atoms. The number of rotatable bonds is 13. The molecule has 0 aliphatic carbocycles. The molecule has 12 heteroatoms. The Morgan fingerprint density at radius 3 is 2.02 bits per heavy atom. The highest BCUT2D eigenvalue weighted by molar-refractivity contribution is 6.08. The van der Waals surface area contributed by atoms with Crippen molar-refractivity contribution in [2.24, 2.45) is 0 Å². The number of hydrogen-bond acceptors (Lipinski definition) is 11. The fourth-order valence-electron chi connectivity index (χ4n) is 5.53. The Kier molecular flexibility index (Phi) is 8.75. The lowest BCUT2D eigenvalue weighted by Crippen LogP contribution is -2.11. The van der Waals surface area contributed by atoms with Crippen LogP contribution >= 0.6 is 0 Å². The van der Waals surface area contributed by atoms with Crippen LogP contribution in [-0.2, 0) is 19.6 Å². The maximum atomic E-state index is 12.7. The number of furan rings is 1. The number of ketones is 2. The van der Waals surface area contributed by atoms with E-state index in [0.29, 0.717) is 46.6 Å². The SMILES string of the molecule is COc1c2c(c(OC)c(C(C)=O)c1OCc1ccc(COc3c(C(C)=O)c(OC)c4ccoc4c3OC)c(C(=O)O)c1)CCO2. The molecule has 2 heterocycles. The molecule has 0 saturated heterocycles. The molecular formula is C33H32O12. The summed E-state index contributed by atoms with van der Waals surface area (Å²) in [5.41, 5.74) is 2.13. The van der Waals surface area contributed by atoms with E-state index in [1.54, 1.807) is 18.2 Å². The van der Waals surface area contributed by atoms with Crippen LogP contribution < -0.4 is 33.2 Å². The molecule has 1 aliphatic rings. The Labute approximate surface area is 258 Å². The minimum absolute atomic E-state index is 0.0564. The molecule has 236 valence electrons. The predicted molar refractivity (Wildman–Crippen MR) is 160 cm³/mol. The Hall–Kier alpha value is -5.39. The lowest BCUT2D eigenvalue weighted by molar-refractivity contribution is 0.0693. The summed E-state index contributed by atoms with van der Waals surface area (Å²) >= 11 is 0. The number of Topliss-reactive ketones (excluding diaryl/α,β-unsaturated/α-hetero) is 2. The summed E-state index contributed by atoms with van der Waals surface area (Å²) in [6.07, 6.45) is 1.98. The zero-order valence-electron chi connectivity index (χ0n) is 25.7. The second-order valence-corrected chi connectivity index (χ2v) is 10.1. The normalized spacial score (nSPS) is 11.9. The van der Waals surface area contributed by atoms with Crippen LogP contribution in [0.4, 0.5) is 0 Å². The van der Waals surface area contributed by atoms with Gasteiger partial charge in [0.05, 0.1) is 52.3 Å². The lowest BCUT2D eigenvalue weighted by Gasteiger charge is -2.20. The molecular weight excluding hydrogens is 588 g/mol. The highest BCUT2D eigenvalue weighted by Gasteiger charge is 2.33. The third-order valence-corrected chi connectivity index (χ3v) is 7.47. The molecule has 0 saturated carbocycles. The number of methoxy groups -OCH3 is 4. The molecule has 0 amide bonds. The van der Waals surface area contributed by atoms with Crippen LogP contribution in [0.1, 0.15) is 61.6 Å². The molecule has 0 bridgehead atoms. The van der Waals surface area contributed by atoms with E-state index < -0.39 is 5.97 Å². The average molecular weight is 621 g/mol. The van der Waals surface area contributed by atoms with Crippen LogP contribution in [0, 0.1) is 0 Å². The second-order valence-electron chi connectivity index (χ2n) is 10.1. The highest BCUT2D eigenvalue weighted by atomic mass is 16.5. The summed E-state index contributed by atoms with van der Waals surface area (Å²) in [6, 6.07) is 6.35. The summed E-state index contributed by atoms with van der Waals surface area (Å²) in [5.74, 6) is -0.163. The lowest BCUT2D eigenvalue weighted by atomic mass is 10.0. The van der Waals surface area contributed by atoms with Crippen molar-refractivity contribution in [2.45, 2.75) is 33.5 Å². The number of carbonyl (C=O) groups excluding carboxylic acids is 2. The van der Waals surface area contributed by atoms with E-state index in [9.17, 15) is 19.5 Å². The number of aromatic carboxylic acids is 1. The van der Waals surface area contributed by atoms with Gasteiger partial charge in [-0.2, -0.15) is 0 Å². The molecule has 1 aliphatic heterocycles. The first-order valence-corrected chi connectivity index (χ1v) is 13.9. The molecule has 1 N–H and O–H groups in total. The van der Waals surface area contributed by atoms with Crippen molar-refractivity contribution in [2.75, 3.05) is 35.0 Å². The third kappa shape index (κ3) is 5.43. The van der Waals surface area contributed by atoms with Crippen molar-refractivity contribution in [1.29, 1.82) is 0 Å². The number of carboxylic acids is 1. The minimum Gasteiger partial charge on any atom is -0.495 e. The molecule has 0 atom stereocenters. The number of ether oxygens (including phenoxy) is 7. The molecule has 4 aromatic rings. The van der Waals surface area contributed by atoms with Gasteiger partial charge in [-0.25, -0.2) is 4.79 Å². The Morgan fingerprint density at radius 2 is 1.40 bits per heavy atom. The molecule has 0 unspecified atom stereocenters. The first kappa shape index (κ1) is 31.0. The van der Waals surface area contributed by atoms with E-state index in [4.69, 9.17) is 37.6 Å². The van der Waals surface area contributed by atoms with Crippen molar-refractivity contribution < 1.29 is 57.1 Å². The van der Waals surface area contributed by atoms with Crippen LogP contribution in [0.2, 0.25) is 0 Å². The van der Waals surface area contributed by atoms with Gasteiger partial charge in [0, 0.05) is 17.5 Å². The van der Waals surface area contributed by atoms with Crippen LogP contribution in [0.15, 0.2) is 34.9 Å². The van der Waals surface area contributed by atoms with Gasteiger partial charge in [0.15, 0.2) is 34.4 Å². The maximum absolute atomic E-state index is 12.7. The van der Waals surface area contributed by atoms with Crippen LogP contribution in [-0.4, -0.2) is 57.7 Å². The minimum atomic E-state index is -1.21. The van der Waals surface area contributed by atoms with Gasteiger partial charge in [0.1, 0.15) is 35.8 Å². The highest BCUT2D eigenvalue weighted by Crippen LogP contribution is 2.52. The topological polar surface area (TPSA) is 149 Å². The second kappa shape index (κ2) is 12.7. The molecule has 1 aromatic heterocycles. The fraction of sp³-hybridized carbons (Fsp3) is 0.303.